The number of fused-ring (bicyclic) bond motifs is 2. The molecular formula is C21H26F3NO4. The van der Waals surface area contributed by atoms with Gasteiger partial charge in [-0.1, -0.05) is 18.2 Å². The summed E-state index contributed by atoms with van der Waals surface area (Å²) in [5, 5.41) is 0. The molecule has 1 aromatic carbocycles. The number of piperidine rings is 1. The van der Waals surface area contributed by atoms with E-state index in [0.717, 1.165) is 12.1 Å². The highest BCUT2D eigenvalue weighted by atomic mass is 19.4. The van der Waals surface area contributed by atoms with Gasteiger partial charge in [-0.2, -0.15) is 13.2 Å². The Morgan fingerprint density at radius 2 is 1.76 bits per heavy atom. The van der Waals surface area contributed by atoms with Crippen molar-refractivity contribution < 1.29 is 32.2 Å². The van der Waals surface area contributed by atoms with E-state index >= 15 is 0 Å². The topological polar surface area (TPSA) is 55.8 Å². The molecule has 5 nitrogen and oxygen atoms in total. The number of halogens is 3. The Kier molecular flexibility index (Phi) is 5.94. The minimum atomic E-state index is -4.44. The monoisotopic (exact) mass is 413 g/mol. The number of ether oxygens (including phenoxy) is 2. The standard InChI is InChI=1S/C21H26F3NO4/c1-20(2,3)29-19(27)25-16-9-14(10-17(25)12-28-11-16)18(26)8-13-5-4-6-15(7-13)21(22,23)24/h4-7,14,16-17H,8-12H2,1-3H3. The molecule has 0 N–H and O–H groups in total. The van der Waals surface area contributed by atoms with Gasteiger partial charge in [-0.05, 0) is 45.2 Å². The molecule has 1 amide bonds. The molecule has 1 aromatic rings. The van der Waals surface area contributed by atoms with Crippen molar-refractivity contribution in [3.8, 4) is 0 Å². The van der Waals surface area contributed by atoms with Gasteiger partial charge < -0.3 is 9.47 Å². The van der Waals surface area contributed by atoms with Crippen molar-refractivity contribution in [3.05, 3.63) is 35.4 Å². The second kappa shape index (κ2) is 7.97. The molecule has 3 rings (SSSR count). The van der Waals surface area contributed by atoms with Crippen LogP contribution in [0.2, 0.25) is 0 Å². The van der Waals surface area contributed by atoms with E-state index < -0.39 is 23.4 Å². The zero-order valence-electron chi connectivity index (χ0n) is 16.8. The number of carbonyl (C=O) groups is 2. The number of nitrogens with zero attached hydrogens (tertiary/aromatic N) is 1. The molecule has 2 saturated heterocycles. The summed E-state index contributed by atoms with van der Waals surface area (Å²) in [7, 11) is 0. The van der Waals surface area contributed by atoms with Gasteiger partial charge in [0.15, 0.2) is 0 Å². The second-order valence-electron chi connectivity index (χ2n) is 8.74. The van der Waals surface area contributed by atoms with E-state index in [2.05, 4.69) is 0 Å². The fourth-order valence-electron chi connectivity index (χ4n) is 3.99. The van der Waals surface area contributed by atoms with Crippen molar-refractivity contribution in [1.82, 2.24) is 4.90 Å². The molecular weight excluding hydrogens is 387 g/mol. The van der Waals surface area contributed by atoms with Gasteiger partial charge in [0, 0.05) is 12.3 Å². The molecule has 2 aliphatic heterocycles. The van der Waals surface area contributed by atoms with Crippen molar-refractivity contribution in [2.45, 2.75) is 63.9 Å². The Balaban J connectivity index is 1.68. The highest BCUT2D eigenvalue weighted by Gasteiger charge is 2.45. The van der Waals surface area contributed by atoms with E-state index in [4.69, 9.17) is 9.47 Å². The number of Topliss-reactive ketones (excluding diaryl/α,β-unsaturated/α-hetero) is 1. The third-order valence-corrected chi connectivity index (χ3v) is 5.21. The maximum absolute atomic E-state index is 12.9. The van der Waals surface area contributed by atoms with Gasteiger partial charge in [0.2, 0.25) is 0 Å². The zero-order valence-corrected chi connectivity index (χ0v) is 16.8. The van der Waals surface area contributed by atoms with Gasteiger partial charge in [0.1, 0.15) is 11.4 Å². The van der Waals surface area contributed by atoms with Crippen LogP contribution in [0.5, 0.6) is 0 Å². The first-order valence-corrected chi connectivity index (χ1v) is 9.72. The van der Waals surface area contributed by atoms with Crippen LogP contribution in [0.4, 0.5) is 18.0 Å². The summed E-state index contributed by atoms with van der Waals surface area (Å²) >= 11 is 0. The third kappa shape index (κ3) is 5.29. The summed E-state index contributed by atoms with van der Waals surface area (Å²) in [5.74, 6) is -0.424. The van der Waals surface area contributed by atoms with Crippen LogP contribution in [0.1, 0.15) is 44.7 Å². The van der Waals surface area contributed by atoms with Gasteiger partial charge in [0.05, 0.1) is 30.9 Å². The molecule has 0 aromatic heterocycles. The Morgan fingerprint density at radius 1 is 1.14 bits per heavy atom. The number of benzene rings is 1. The van der Waals surface area contributed by atoms with E-state index in [0.29, 0.717) is 31.6 Å². The molecule has 160 valence electrons. The maximum atomic E-state index is 12.9. The Morgan fingerprint density at radius 3 is 2.31 bits per heavy atom. The molecule has 29 heavy (non-hydrogen) atoms. The SMILES string of the molecule is CC(C)(C)OC(=O)N1C2COCC1CC(C(=O)Cc1cccc(C(F)(F)F)c1)C2. The summed E-state index contributed by atoms with van der Waals surface area (Å²) < 4.78 is 49.8. The van der Waals surface area contributed by atoms with Crippen LogP contribution in [0.25, 0.3) is 0 Å². The summed E-state index contributed by atoms with van der Waals surface area (Å²) in [5.41, 5.74) is -1.03. The summed E-state index contributed by atoms with van der Waals surface area (Å²) in [6.45, 7) is 6.03. The Labute approximate surface area is 168 Å². The van der Waals surface area contributed by atoms with Crippen LogP contribution in [-0.2, 0) is 26.9 Å². The number of amides is 1. The minimum Gasteiger partial charge on any atom is -0.444 e. The number of hydrogen-bond acceptors (Lipinski definition) is 4. The first-order chi connectivity index (χ1) is 13.4. The molecule has 0 saturated carbocycles. The van der Waals surface area contributed by atoms with Crippen LogP contribution in [0, 0.1) is 5.92 Å². The molecule has 0 aliphatic carbocycles. The quantitative estimate of drug-likeness (QED) is 0.744. The predicted molar refractivity (Wildman–Crippen MR) is 99.3 cm³/mol. The fraction of sp³-hybridized carbons (Fsp3) is 0.619. The van der Waals surface area contributed by atoms with Crippen LogP contribution in [0.15, 0.2) is 24.3 Å². The van der Waals surface area contributed by atoms with E-state index in [1.54, 1.807) is 25.7 Å². The normalized spacial score (nSPS) is 24.9. The minimum absolute atomic E-state index is 0.0542. The summed E-state index contributed by atoms with van der Waals surface area (Å²) in [4.78, 5) is 27.1. The number of morpholine rings is 1. The van der Waals surface area contributed by atoms with E-state index in [1.165, 1.54) is 12.1 Å². The number of ketones is 1. The molecule has 0 radical (unpaired) electrons. The fourth-order valence-corrected chi connectivity index (χ4v) is 3.99. The van der Waals surface area contributed by atoms with Gasteiger partial charge in [-0.3, -0.25) is 9.69 Å². The molecule has 2 bridgehead atoms. The number of rotatable bonds is 3. The highest BCUT2D eigenvalue weighted by Crippen LogP contribution is 2.34. The van der Waals surface area contributed by atoms with Gasteiger partial charge in [-0.15, -0.1) is 0 Å². The average molecular weight is 413 g/mol. The highest BCUT2D eigenvalue weighted by molar-refractivity contribution is 5.84. The molecule has 2 aliphatic rings. The van der Waals surface area contributed by atoms with Gasteiger partial charge in [-0.25, -0.2) is 4.79 Å². The number of hydrogen-bond donors (Lipinski definition) is 0. The van der Waals surface area contributed by atoms with Crippen LogP contribution < -0.4 is 0 Å². The second-order valence-corrected chi connectivity index (χ2v) is 8.74. The third-order valence-electron chi connectivity index (χ3n) is 5.21. The largest absolute Gasteiger partial charge is 0.444 e. The first-order valence-electron chi connectivity index (χ1n) is 9.72. The predicted octanol–water partition coefficient (Wildman–Crippen LogP) is 4.23. The maximum Gasteiger partial charge on any atom is 0.416 e. The smallest absolute Gasteiger partial charge is 0.416 e. The van der Waals surface area contributed by atoms with Crippen molar-refractivity contribution >= 4 is 11.9 Å². The average Bonchev–Trinajstić information content (AvgIpc) is 2.58. The van der Waals surface area contributed by atoms with Crippen molar-refractivity contribution in [1.29, 1.82) is 0 Å². The lowest BCUT2D eigenvalue weighted by molar-refractivity contribution is -0.137. The van der Waals surface area contributed by atoms with E-state index in [9.17, 15) is 22.8 Å². The summed E-state index contributed by atoms with van der Waals surface area (Å²) in [6.07, 6.45) is -4.06. The zero-order chi connectivity index (χ0) is 21.4. The van der Waals surface area contributed by atoms with E-state index in [1.807, 2.05) is 0 Å². The molecule has 2 atom stereocenters. The lowest BCUT2D eigenvalue weighted by Gasteiger charge is -2.47. The number of alkyl halides is 3. The summed E-state index contributed by atoms with van der Waals surface area (Å²) in [6, 6.07) is 4.33. The molecule has 2 fully saturated rings. The number of carbonyl (C=O) groups excluding carboxylic acids is 2. The molecule has 0 spiro atoms. The first kappa shape index (κ1) is 21.6. The van der Waals surface area contributed by atoms with Crippen molar-refractivity contribution in [2.24, 2.45) is 5.92 Å². The lowest BCUT2D eigenvalue weighted by atomic mass is 9.81. The van der Waals surface area contributed by atoms with Gasteiger partial charge in [0.25, 0.3) is 0 Å². The Bertz CT molecular complexity index is 758. The van der Waals surface area contributed by atoms with Gasteiger partial charge >= 0.3 is 12.3 Å². The van der Waals surface area contributed by atoms with Crippen molar-refractivity contribution in [3.63, 3.8) is 0 Å². The lowest BCUT2D eigenvalue weighted by Crippen LogP contribution is -2.60. The Hall–Kier alpha value is -2.09. The van der Waals surface area contributed by atoms with Crippen LogP contribution in [0.3, 0.4) is 0 Å². The van der Waals surface area contributed by atoms with E-state index in [-0.39, 0.29) is 30.2 Å². The molecule has 2 heterocycles. The molecule has 2 unspecified atom stereocenters. The van der Waals surface area contributed by atoms with Crippen molar-refractivity contribution in [2.75, 3.05) is 13.2 Å². The van der Waals surface area contributed by atoms with Crippen LogP contribution in [-0.4, -0.2) is 47.7 Å². The molecule has 8 heteroatoms. The van der Waals surface area contributed by atoms with Crippen LogP contribution >= 0.6 is 0 Å².